The Bertz CT molecular complexity index is 1660. The predicted octanol–water partition coefficient (Wildman–Crippen LogP) is 5.43. The zero-order valence-corrected chi connectivity index (χ0v) is 18.5. The summed E-state index contributed by atoms with van der Waals surface area (Å²) in [6.45, 7) is 0. The molecule has 8 nitrogen and oxygen atoms in total. The third-order valence-electron chi connectivity index (χ3n) is 6.26. The molecule has 1 unspecified atom stereocenters. The maximum Gasteiger partial charge on any atom is 0.340 e. The second-order valence-electron chi connectivity index (χ2n) is 8.39. The van der Waals surface area contributed by atoms with Crippen LogP contribution in [0.2, 0.25) is 0 Å². The van der Waals surface area contributed by atoms with Gasteiger partial charge < -0.3 is 29.5 Å². The summed E-state index contributed by atoms with van der Waals surface area (Å²) in [7, 11) is 0. The fourth-order valence-corrected chi connectivity index (χ4v) is 4.61. The SMILES string of the molecule is O=C(O)c1ccc(Oc2cc3c(cc2F)C2(OC(=O)c4ccccc42)c2cc(F)c(O)cc2O3)c(O)c1. The van der Waals surface area contributed by atoms with Crippen LogP contribution in [0.5, 0.6) is 34.5 Å². The lowest BCUT2D eigenvalue weighted by Crippen LogP contribution is -2.33. The van der Waals surface area contributed by atoms with Crippen molar-refractivity contribution in [1.82, 2.24) is 0 Å². The van der Waals surface area contributed by atoms with Crippen molar-refractivity contribution in [3.63, 3.8) is 0 Å². The molecule has 6 rings (SSSR count). The molecule has 10 heteroatoms. The summed E-state index contributed by atoms with van der Waals surface area (Å²) in [6, 6.07) is 13.8. The highest BCUT2D eigenvalue weighted by Crippen LogP contribution is 2.57. The van der Waals surface area contributed by atoms with Crippen LogP contribution in [0, 0.1) is 11.6 Å². The average molecular weight is 504 g/mol. The van der Waals surface area contributed by atoms with E-state index in [0.29, 0.717) is 5.56 Å². The molecule has 184 valence electrons. The van der Waals surface area contributed by atoms with Crippen LogP contribution in [0.25, 0.3) is 0 Å². The van der Waals surface area contributed by atoms with Gasteiger partial charge in [-0.3, -0.25) is 0 Å². The summed E-state index contributed by atoms with van der Waals surface area (Å²) in [5.74, 6) is -5.87. The molecular formula is C27H14F2O8. The van der Waals surface area contributed by atoms with Crippen LogP contribution in [-0.2, 0) is 10.3 Å². The Labute approximate surface area is 206 Å². The number of aromatic carboxylic acids is 1. The molecule has 2 heterocycles. The van der Waals surface area contributed by atoms with Gasteiger partial charge in [0.05, 0.1) is 22.3 Å². The number of phenols is 2. The summed E-state index contributed by atoms with van der Waals surface area (Å²) in [5, 5.41) is 29.2. The van der Waals surface area contributed by atoms with Crippen LogP contribution in [0.15, 0.2) is 66.7 Å². The Balaban J connectivity index is 1.54. The highest BCUT2D eigenvalue weighted by atomic mass is 19.1. The van der Waals surface area contributed by atoms with E-state index in [9.17, 15) is 24.2 Å². The van der Waals surface area contributed by atoms with Crippen molar-refractivity contribution >= 4 is 11.9 Å². The predicted molar refractivity (Wildman–Crippen MR) is 121 cm³/mol. The molecule has 0 aliphatic carbocycles. The number of hydrogen-bond donors (Lipinski definition) is 3. The maximum absolute atomic E-state index is 15.4. The van der Waals surface area contributed by atoms with Gasteiger partial charge >= 0.3 is 11.9 Å². The van der Waals surface area contributed by atoms with Crippen LogP contribution in [0.3, 0.4) is 0 Å². The number of halogens is 2. The molecule has 0 bridgehead atoms. The molecule has 1 spiro atoms. The van der Waals surface area contributed by atoms with Crippen LogP contribution >= 0.6 is 0 Å². The minimum absolute atomic E-state index is 0.0268. The van der Waals surface area contributed by atoms with Gasteiger partial charge in [-0.2, -0.15) is 0 Å². The Kier molecular flexibility index (Phi) is 4.64. The number of carbonyl (C=O) groups is 2. The van der Waals surface area contributed by atoms with Gasteiger partial charge in [0.25, 0.3) is 0 Å². The lowest BCUT2D eigenvalue weighted by Gasteiger charge is -2.36. The van der Waals surface area contributed by atoms with Gasteiger partial charge in [-0.15, -0.1) is 0 Å². The third-order valence-corrected chi connectivity index (χ3v) is 6.26. The minimum atomic E-state index is -1.78. The summed E-state index contributed by atoms with van der Waals surface area (Å²) in [6.07, 6.45) is 0. The average Bonchev–Trinajstić information content (AvgIpc) is 3.16. The highest BCUT2D eigenvalue weighted by Gasteiger charge is 2.54. The number of fused-ring (bicyclic) bond motifs is 6. The van der Waals surface area contributed by atoms with Gasteiger partial charge in [0.1, 0.15) is 11.5 Å². The Morgan fingerprint density at radius 2 is 1.51 bits per heavy atom. The normalized spacial score (nSPS) is 16.9. The quantitative estimate of drug-likeness (QED) is 0.316. The number of hydrogen-bond acceptors (Lipinski definition) is 7. The fourth-order valence-electron chi connectivity index (χ4n) is 4.61. The molecule has 0 saturated heterocycles. The van der Waals surface area contributed by atoms with Crippen molar-refractivity contribution in [1.29, 1.82) is 0 Å². The zero-order chi connectivity index (χ0) is 26.1. The van der Waals surface area contributed by atoms with Crippen molar-refractivity contribution in [2.45, 2.75) is 5.60 Å². The number of aromatic hydroxyl groups is 2. The number of esters is 1. The lowest BCUT2D eigenvalue weighted by molar-refractivity contribution is 0.0221. The number of carboxylic acid groups (broad SMARTS) is 1. The fraction of sp³-hybridized carbons (Fsp3) is 0.0370. The Morgan fingerprint density at radius 1 is 0.811 bits per heavy atom. The first-order chi connectivity index (χ1) is 17.7. The minimum Gasteiger partial charge on any atom is -0.505 e. The summed E-state index contributed by atoms with van der Waals surface area (Å²) in [4.78, 5) is 23.9. The van der Waals surface area contributed by atoms with Crippen LogP contribution in [0.1, 0.15) is 37.4 Å². The molecular weight excluding hydrogens is 490 g/mol. The van der Waals surface area contributed by atoms with Gasteiger partial charge in [-0.25, -0.2) is 18.4 Å². The van der Waals surface area contributed by atoms with E-state index in [0.717, 1.165) is 36.4 Å². The van der Waals surface area contributed by atoms with Crippen molar-refractivity contribution in [2.75, 3.05) is 0 Å². The van der Waals surface area contributed by atoms with Gasteiger partial charge in [-0.1, -0.05) is 18.2 Å². The van der Waals surface area contributed by atoms with E-state index < -0.39 is 46.4 Å². The number of phenolic OH excluding ortho intramolecular Hbond substituents is 2. The smallest absolute Gasteiger partial charge is 0.340 e. The topological polar surface area (TPSA) is 123 Å². The number of carboxylic acids is 1. The Morgan fingerprint density at radius 3 is 2.24 bits per heavy atom. The van der Waals surface area contributed by atoms with Gasteiger partial charge in [0, 0.05) is 17.7 Å². The van der Waals surface area contributed by atoms with Crippen molar-refractivity contribution in [3.05, 3.63) is 106 Å². The van der Waals surface area contributed by atoms with Crippen molar-refractivity contribution in [3.8, 4) is 34.5 Å². The molecule has 2 aliphatic rings. The van der Waals surface area contributed by atoms with E-state index >= 15 is 4.39 Å². The second-order valence-corrected chi connectivity index (χ2v) is 8.39. The van der Waals surface area contributed by atoms with Gasteiger partial charge in [0.15, 0.2) is 40.2 Å². The molecule has 37 heavy (non-hydrogen) atoms. The van der Waals surface area contributed by atoms with Crippen LogP contribution in [-0.4, -0.2) is 27.3 Å². The molecule has 0 aromatic heterocycles. The third kappa shape index (κ3) is 3.19. The first kappa shape index (κ1) is 22.4. The van der Waals surface area contributed by atoms with E-state index in [-0.39, 0.29) is 39.5 Å². The van der Waals surface area contributed by atoms with Crippen LogP contribution in [0.4, 0.5) is 8.78 Å². The van der Waals surface area contributed by atoms with Gasteiger partial charge in [0.2, 0.25) is 0 Å². The molecule has 0 radical (unpaired) electrons. The van der Waals surface area contributed by atoms with Crippen molar-refractivity contribution < 1.29 is 47.9 Å². The largest absolute Gasteiger partial charge is 0.505 e. The molecule has 1 atom stereocenters. The molecule has 0 saturated carbocycles. The maximum atomic E-state index is 15.4. The summed E-state index contributed by atoms with van der Waals surface area (Å²) >= 11 is 0. The first-order valence-corrected chi connectivity index (χ1v) is 10.8. The van der Waals surface area contributed by atoms with E-state index in [2.05, 4.69) is 0 Å². The number of rotatable bonds is 3. The first-order valence-electron chi connectivity index (χ1n) is 10.8. The monoisotopic (exact) mass is 504 g/mol. The van der Waals surface area contributed by atoms with Crippen molar-refractivity contribution in [2.24, 2.45) is 0 Å². The summed E-state index contributed by atoms with van der Waals surface area (Å²) < 4.78 is 47.1. The number of benzene rings is 4. The standard InChI is InChI=1S/C27H14F2O8/c28-17-8-15-22(10-19(17)30)36-23-11-24(35-21-6-5-12(25(32)33)7-20(21)31)18(29)9-16(23)27(15)14-4-2-1-3-13(14)26(34)37-27/h1-11,30-31H,(H,32,33). The Hall–Kier alpha value is -5.12. The molecule has 4 aromatic rings. The zero-order valence-electron chi connectivity index (χ0n) is 18.5. The molecule has 0 fully saturated rings. The number of ether oxygens (including phenoxy) is 3. The lowest BCUT2D eigenvalue weighted by atomic mass is 9.77. The van der Waals surface area contributed by atoms with E-state index in [4.69, 9.17) is 19.3 Å². The van der Waals surface area contributed by atoms with Gasteiger partial charge in [-0.05, 0) is 36.4 Å². The molecule has 0 amide bonds. The highest BCUT2D eigenvalue weighted by molar-refractivity contribution is 5.97. The molecule has 3 N–H and O–H groups in total. The number of carbonyl (C=O) groups excluding carboxylic acids is 1. The van der Waals surface area contributed by atoms with E-state index in [1.807, 2.05) is 0 Å². The van der Waals surface area contributed by atoms with Crippen LogP contribution < -0.4 is 9.47 Å². The molecule has 2 aliphatic heterocycles. The van der Waals surface area contributed by atoms with E-state index in [1.165, 1.54) is 12.1 Å². The second kappa shape index (κ2) is 7.69. The summed E-state index contributed by atoms with van der Waals surface area (Å²) in [5.41, 5.74) is -1.38. The van der Waals surface area contributed by atoms with E-state index in [1.54, 1.807) is 18.2 Å². The molecule has 4 aromatic carbocycles.